The maximum absolute atomic E-state index is 12.5. The summed E-state index contributed by atoms with van der Waals surface area (Å²) in [6.45, 7) is 4.68. The van der Waals surface area contributed by atoms with Crippen LogP contribution in [-0.4, -0.2) is 5.97 Å². The minimum atomic E-state index is -0.442. The Kier molecular flexibility index (Phi) is 4.21. The van der Waals surface area contributed by atoms with E-state index in [4.69, 9.17) is 4.74 Å². The average Bonchev–Trinajstić information content (AvgIpc) is 3.46. The Morgan fingerprint density at radius 3 is 1.82 bits per heavy atom. The van der Waals surface area contributed by atoms with Crippen LogP contribution in [0.25, 0.3) is 11.1 Å². The Bertz CT molecular complexity index is 1730. The molecule has 0 atom stereocenters. The number of hydrogen-bond donors (Lipinski definition) is 0. The maximum atomic E-state index is 12.5. The molecule has 8 rings (SSSR count). The summed E-state index contributed by atoms with van der Waals surface area (Å²) in [6, 6.07) is 37.4. The Morgan fingerprint density at radius 2 is 1.21 bits per heavy atom. The molecule has 0 fully saturated rings. The zero-order chi connectivity index (χ0) is 25.6. The predicted octanol–water partition coefficient (Wildman–Crippen LogP) is 8.12. The Balaban J connectivity index is 1.52. The van der Waals surface area contributed by atoms with Crippen LogP contribution in [0.5, 0.6) is 0 Å². The molecule has 0 N–H and O–H groups in total. The van der Waals surface area contributed by atoms with Gasteiger partial charge in [0.1, 0.15) is 6.61 Å². The number of rotatable bonds is 1. The highest BCUT2D eigenvalue weighted by molar-refractivity contribution is 5.98. The first kappa shape index (κ1) is 21.5. The first-order valence-electron chi connectivity index (χ1n) is 13.1. The number of anilines is 3. The van der Waals surface area contributed by atoms with E-state index in [1.54, 1.807) is 0 Å². The highest BCUT2D eigenvalue weighted by atomic mass is 16.5. The van der Waals surface area contributed by atoms with E-state index < -0.39 is 5.41 Å². The molecule has 1 aliphatic carbocycles. The monoisotopic (exact) mass is 491 g/mol. The second-order valence-corrected chi connectivity index (χ2v) is 10.6. The van der Waals surface area contributed by atoms with Crippen molar-refractivity contribution >= 4 is 23.0 Å². The summed E-state index contributed by atoms with van der Waals surface area (Å²) in [5.41, 5.74) is 14.6. The third kappa shape index (κ3) is 2.61. The van der Waals surface area contributed by atoms with Crippen LogP contribution in [0.1, 0.15) is 49.3 Å². The summed E-state index contributed by atoms with van der Waals surface area (Å²) in [4.78, 5) is 14.8. The molecular weight excluding hydrogens is 466 g/mol. The fourth-order valence-corrected chi connectivity index (χ4v) is 6.90. The molecule has 2 heterocycles. The number of carbonyl (C=O) groups is 1. The van der Waals surface area contributed by atoms with Gasteiger partial charge in [-0.2, -0.15) is 0 Å². The van der Waals surface area contributed by atoms with Crippen LogP contribution >= 0.6 is 0 Å². The lowest BCUT2D eigenvalue weighted by molar-refractivity contribution is 0.0535. The van der Waals surface area contributed by atoms with Crippen LogP contribution in [0, 0.1) is 13.8 Å². The highest BCUT2D eigenvalue weighted by Crippen LogP contribution is 2.63. The van der Waals surface area contributed by atoms with Crippen molar-refractivity contribution in [2.24, 2.45) is 0 Å². The molecule has 0 saturated carbocycles. The molecule has 0 aromatic heterocycles. The van der Waals surface area contributed by atoms with Gasteiger partial charge < -0.3 is 9.64 Å². The molecule has 38 heavy (non-hydrogen) atoms. The van der Waals surface area contributed by atoms with E-state index in [9.17, 15) is 4.79 Å². The van der Waals surface area contributed by atoms with Gasteiger partial charge in [-0.3, -0.25) is 0 Å². The lowest BCUT2D eigenvalue weighted by Gasteiger charge is -2.45. The van der Waals surface area contributed by atoms with E-state index in [0.29, 0.717) is 12.2 Å². The third-order valence-electron chi connectivity index (χ3n) is 8.48. The molecule has 1 spiro atoms. The number of esters is 1. The average molecular weight is 492 g/mol. The van der Waals surface area contributed by atoms with Gasteiger partial charge in [-0.1, -0.05) is 90.0 Å². The van der Waals surface area contributed by atoms with E-state index in [-0.39, 0.29) is 5.97 Å². The van der Waals surface area contributed by atoms with Crippen LogP contribution in [0.4, 0.5) is 17.1 Å². The van der Waals surface area contributed by atoms with E-state index in [2.05, 4.69) is 110 Å². The summed E-state index contributed by atoms with van der Waals surface area (Å²) in [7, 11) is 0. The molecule has 0 unspecified atom stereocenters. The molecule has 0 amide bonds. The molecule has 0 bridgehead atoms. The van der Waals surface area contributed by atoms with Crippen molar-refractivity contribution in [1.82, 2.24) is 0 Å². The fourth-order valence-electron chi connectivity index (χ4n) is 6.90. The molecule has 0 radical (unpaired) electrons. The number of aryl methyl sites for hydroxylation is 2. The molecule has 3 aliphatic rings. The van der Waals surface area contributed by atoms with Gasteiger partial charge in [0.25, 0.3) is 0 Å². The van der Waals surface area contributed by atoms with E-state index in [1.807, 2.05) is 12.1 Å². The largest absolute Gasteiger partial charge is 0.457 e. The van der Waals surface area contributed by atoms with Gasteiger partial charge in [0.2, 0.25) is 0 Å². The molecule has 5 aromatic rings. The third-order valence-corrected chi connectivity index (χ3v) is 8.48. The summed E-state index contributed by atoms with van der Waals surface area (Å²) in [5, 5.41) is 0. The molecule has 5 aromatic carbocycles. The smallest absolute Gasteiger partial charge is 0.338 e. The summed E-state index contributed by atoms with van der Waals surface area (Å²) >= 11 is 0. The number of cyclic esters (lactones) is 1. The van der Waals surface area contributed by atoms with Gasteiger partial charge in [0, 0.05) is 11.3 Å². The number of fused-ring (bicyclic) bond motifs is 10. The lowest BCUT2D eigenvalue weighted by atomic mass is 9.64. The molecule has 0 saturated heterocycles. The summed E-state index contributed by atoms with van der Waals surface area (Å²) in [6.07, 6.45) is 0. The Hall–Kier alpha value is -4.63. The zero-order valence-corrected chi connectivity index (χ0v) is 21.3. The standard InChI is InChI=1S/C35H25NO2/c1-21-11-15-32-30(17-21)35(28-9-5-3-7-25(28)26-8-4-6-10-29(26)35)31-18-22(2)12-16-33(31)36(32)24-14-13-23-20-38-34(37)27(23)19-24/h3-19H,20H2,1-2H3. The normalized spacial score (nSPS) is 15.4. The number of ether oxygens (including phenoxy) is 1. The van der Waals surface area contributed by atoms with E-state index >= 15 is 0 Å². The van der Waals surface area contributed by atoms with Gasteiger partial charge in [-0.05, 0) is 71.5 Å². The number of nitrogens with zero attached hydrogens (tertiary/aromatic N) is 1. The number of carbonyl (C=O) groups excluding carboxylic acids is 1. The maximum Gasteiger partial charge on any atom is 0.338 e. The SMILES string of the molecule is Cc1ccc2c(c1)C1(c3ccccc3-c3ccccc31)c1cc(C)ccc1N2c1ccc2c(c1)C(=O)OC2. The van der Waals surface area contributed by atoms with Gasteiger partial charge in [-0.15, -0.1) is 0 Å². The lowest BCUT2D eigenvalue weighted by Crippen LogP contribution is -2.36. The van der Waals surface area contributed by atoms with Crippen molar-refractivity contribution in [3.8, 4) is 11.1 Å². The molecule has 2 aliphatic heterocycles. The second-order valence-electron chi connectivity index (χ2n) is 10.6. The second kappa shape index (κ2) is 7.45. The van der Waals surface area contributed by atoms with Gasteiger partial charge >= 0.3 is 5.97 Å². The zero-order valence-electron chi connectivity index (χ0n) is 21.3. The van der Waals surface area contributed by atoms with Crippen molar-refractivity contribution in [3.05, 3.63) is 148 Å². The van der Waals surface area contributed by atoms with E-state index in [1.165, 1.54) is 44.5 Å². The Labute approximate surface area is 222 Å². The van der Waals surface area contributed by atoms with Crippen LogP contribution in [0.2, 0.25) is 0 Å². The topological polar surface area (TPSA) is 29.5 Å². The highest BCUT2D eigenvalue weighted by Gasteiger charge is 2.51. The molecule has 3 nitrogen and oxygen atoms in total. The van der Waals surface area contributed by atoms with Crippen molar-refractivity contribution in [2.45, 2.75) is 25.9 Å². The quantitative estimate of drug-likeness (QED) is 0.217. The van der Waals surface area contributed by atoms with Gasteiger partial charge in [0.05, 0.1) is 22.4 Å². The van der Waals surface area contributed by atoms with Gasteiger partial charge in [0.15, 0.2) is 0 Å². The van der Waals surface area contributed by atoms with Gasteiger partial charge in [-0.25, -0.2) is 4.79 Å². The number of hydrogen-bond acceptors (Lipinski definition) is 3. The molecular formula is C35H25NO2. The van der Waals surface area contributed by atoms with Crippen LogP contribution in [0.15, 0.2) is 103 Å². The fraction of sp³-hybridized carbons (Fsp3) is 0.114. The van der Waals surface area contributed by atoms with Crippen LogP contribution in [-0.2, 0) is 16.8 Å². The Morgan fingerprint density at radius 1 is 0.632 bits per heavy atom. The van der Waals surface area contributed by atoms with Crippen LogP contribution in [0.3, 0.4) is 0 Å². The first-order valence-corrected chi connectivity index (χ1v) is 13.1. The molecule has 3 heteroatoms. The first-order chi connectivity index (χ1) is 18.6. The van der Waals surface area contributed by atoms with E-state index in [0.717, 1.165) is 22.6 Å². The van der Waals surface area contributed by atoms with Crippen molar-refractivity contribution < 1.29 is 9.53 Å². The van der Waals surface area contributed by atoms with Crippen molar-refractivity contribution in [3.63, 3.8) is 0 Å². The minimum Gasteiger partial charge on any atom is -0.457 e. The summed E-state index contributed by atoms with van der Waals surface area (Å²) < 4.78 is 5.33. The van der Waals surface area contributed by atoms with Crippen molar-refractivity contribution in [1.29, 1.82) is 0 Å². The number of benzene rings is 5. The van der Waals surface area contributed by atoms with Crippen LogP contribution < -0.4 is 4.90 Å². The van der Waals surface area contributed by atoms with Crippen molar-refractivity contribution in [2.75, 3.05) is 4.90 Å². The predicted molar refractivity (Wildman–Crippen MR) is 151 cm³/mol. The molecule has 182 valence electrons. The summed E-state index contributed by atoms with van der Waals surface area (Å²) in [5.74, 6) is -0.248. The minimum absolute atomic E-state index is 0.248.